The molecule has 15 heavy (non-hydrogen) atoms. The number of hydrogen-bond acceptors (Lipinski definition) is 5. The van der Waals surface area contributed by atoms with Gasteiger partial charge >= 0.3 is 5.69 Å². The first kappa shape index (κ1) is 10.8. The van der Waals surface area contributed by atoms with Crippen molar-refractivity contribution in [2.75, 3.05) is 0 Å². The van der Waals surface area contributed by atoms with Crippen molar-refractivity contribution in [3.8, 4) is 0 Å². The van der Waals surface area contributed by atoms with E-state index in [4.69, 9.17) is 5.11 Å². The smallest absolute Gasteiger partial charge is 0.349 e. The number of carbonyl (C=O) groups excluding carboxylic acids is 1. The Hall–Kier alpha value is -2.24. The van der Waals surface area contributed by atoms with E-state index in [0.29, 0.717) is 12.5 Å². The highest BCUT2D eigenvalue weighted by Gasteiger charge is 1.94. The fourth-order valence-corrected chi connectivity index (χ4v) is 0.763. The van der Waals surface area contributed by atoms with Crippen LogP contribution < -0.4 is 5.69 Å². The molecule has 0 aliphatic carbocycles. The van der Waals surface area contributed by atoms with Gasteiger partial charge in [-0.05, 0) is 6.07 Å². The van der Waals surface area contributed by atoms with Crippen molar-refractivity contribution in [1.29, 1.82) is 0 Å². The Morgan fingerprint density at radius 1 is 1.67 bits per heavy atom. The molecule has 0 fully saturated rings. The van der Waals surface area contributed by atoms with Crippen LogP contribution in [-0.4, -0.2) is 27.2 Å². The van der Waals surface area contributed by atoms with Crippen LogP contribution in [0.25, 0.3) is 0 Å². The van der Waals surface area contributed by atoms with E-state index in [1.807, 2.05) is 0 Å². The maximum Gasteiger partial charge on any atom is 0.349 e. The normalized spacial score (nSPS) is 11.9. The first-order valence-electron chi connectivity index (χ1n) is 4.04. The summed E-state index contributed by atoms with van der Waals surface area (Å²) in [5.74, 6) is 0.180. The first-order chi connectivity index (χ1) is 7.17. The molecule has 78 valence electrons. The molecular formula is C9H9N3O3. The summed E-state index contributed by atoms with van der Waals surface area (Å²) in [5, 5.41) is 8.53. The second-order valence-corrected chi connectivity index (χ2v) is 2.68. The number of aliphatic hydroxyl groups is 1. The number of rotatable bonds is 3. The Kier molecular flexibility index (Phi) is 3.50. The highest BCUT2D eigenvalue weighted by Crippen LogP contribution is 2.01. The number of aliphatic imine (C=N–C) groups is 1. The molecule has 0 aliphatic heterocycles. The molecule has 6 heteroatoms. The van der Waals surface area contributed by atoms with Crippen LogP contribution in [0.15, 0.2) is 33.9 Å². The number of aryl methyl sites for hydroxylation is 1. The number of hydrogen-bond donors (Lipinski definition) is 1. The molecule has 1 aromatic rings. The van der Waals surface area contributed by atoms with E-state index in [-0.39, 0.29) is 11.4 Å². The van der Waals surface area contributed by atoms with E-state index < -0.39 is 5.69 Å². The lowest BCUT2D eigenvalue weighted by Crippen LogP contribution is -2.18. The van der Waals surface area contributed by atoms with Crippen LogP contribution in [0.4, 0.5) is 5.82 Å². The third kappa shape index (κ3) is 2.87. The molecule has 1 N–H and O–H groups in total. The monoisotopic (exact) mass is 207 g/mol. The van der Waals surface area contributed by atoms with Crippen molar-refractivity contribution in [2.24, 2.45) is 12.0 Å². The van der Waals surface area contributed by atoms with Gasteiger partial charge in [0.25, 0.3) is 0 Å². The predicted molar refractivity (Wildman–Crippen MR) is 54.4 cm³/mol. The fraction of sp³-hybridized carbons (Fsp3) is 0.111. The molecule has 0 aromatic carbocycles. The van der Waals surface area contributed by atoms with E-state index >= 15 is 0 Å². The molecule has 0 unspecified atom stereocenters. The van der Waals surface area contributed by atoms with E-state index in [0.717, 1.165) is 6.21 Å². The lowest BCUT2D eigenvalue weighted by molar-refractivity contribution is -0.104. The number of allylic oxidation sites excluding steroid dienone is 1. The van der Waals surface area contributed by atoms with Gasteiger partial charge in [0.15, 0.2) is 12.1 Å². The molecule has 0 bridgehead atoms. The van der Waals surface area contributed by atoms with Crippen molar-refractivity contribution in [3.05, 3.63) is 34.6 Å². The van der Waals surface area contributed by atoms with Gasteiger partial charge in [-0.2, -0.15) is 4.98 Å². The molecule has 0 amide bonds. The summed E-state index contributed by atoms with van der Waals surface area (Å²) in [6, 6.07) is 1.51. The molecule has 0 saturated heterocycles. The molecule has 0 atom stereocenters. The van der Waals surface area contributed by atoms with Gasteiger partial charge < -0.3 is 9.67 Å². The van der Waals surface area contributed by atoms with Gasteiger partial charge in [0.1, 0.15) is 0 Å². The Bertz CT molecular complexity index is 474. The van der Waals surface area contributed by atoms with Crippen molar-refractivity contribution < 1.29 is 9.90 Å². The second kappa shape index (κ2) is 4.85. The zero-order chi connectivity index (χ0) is 11.3. The standard InChI is InChI=1S/C9H9N3O3/c1-12-3-2-8(11-9(12)15)10-4-7(5-13)6-14/h2-6,13H,1H3/b7-5+,10-4?. The first-order valence-corrected chi connectivity index (χ1v) is 4.04. The van der Waals surface area contributed by atoms with Gasteiger partial charge in [-0.3, -0.25) is 4.79 Å². The van der Waals surface area contributed by atoms with E-state index in [1.165, 1.54) is 16.8 Å². The molecule has 0 saturated carbocycles. The zero-order valence-electron chi connectivity index (χ0n) is 7.99. The Balaban J connectivity index is 2.95. The number of aldehydes is 1. The van der Waals surface area contributed by atoms with Gasteiger partial charge in [-0.25, -0.2) is 9.79 Å². The Labute approximate surface area is 85.2 Å². The molecule has 1 aromatic heterocycles. The lowest BCUT2D eigenvalue weighted by atomic mass is 10.4. The molecule has 1 rings (SSSR count). The second-order valence-electron chi connectivity index (χ2n) is 2.68. The average Bonchev–Trinajstić information content (AvgIpc) is 2.24. The van der Waals surface area contributed by atoms with Gasteiger partial charge in [-0.15, -0.1) is 0 Å². The fourth-order valence-electron chi connectivity index (χ4n) is 0.763. The van der Waals surface area contributed by atoms with Crippen molar-refractivity contribution in [2.45, 2.75) is 0 Å². The highest BCUT2D eigenvalue weighted by atomic mass is 16.2. The van der Waals surface area contributed by atoms with Gasteiger partial charge in [0.2, 0.25) is 0 Å². The molecule has 6 nitrogen and oxygen atoms in total. The topological polar surface area (TPSA) is 84.6 Å². The summed E-state index contributed by atoms with van der Waals surface area (Å²) in [6.07, 6.45) is 3.68. The predicted octanol–water partition coefficient (Wildman–Crippen LogP) is 0.123. The minimum Gasteiger partial charge on any atom is -0.515 e. The van der Waals surface area contributed by atoms with Crippen molar-refractivity contribution >= 4 is 18.3 Å². The average molecular weight is 207 g/mol. The van der Waals surface area contributed by atoms with E-state index in [1.54, 1.807) is 7.05 Å². The quantitative estimate of drug-likeness (QED) is 0.330. The van der Waals surface area contributed by atoms with E-state index in [2.05, 4.69) is 9.98 Å². The maximum absolute atomic E-state index is 11.1. The molecule has 1 heterocycles. The van der Waals surface area contributed by atoms with Gasteiger partial charge in [0, 0.05) is 19.5 Å². The number of aromatic nitrogens is 2. The third-order valence-electron chi connectivity index (χ3n) is 1.59. The van der Waals surface area contributed by atoms with Crippen LogP contribution >= 0.6 is 0 Å². The Morgan fingerprint density at radius 2 is 2.40 bits per heavy atom. The van der Waals surface area contributed by atoms with Crippen molar-refractivity contribution in [3.63, 3.8) is 0 Å². The Morgan fingerprint density at radius 3 is 2.93 bits per heavy atom. The lowest BCUT2D eigenvalue weighted by Gasteiger charge is -1.95. The van der Waals surface area contributed by atoms with Crippen LogP contribution in [0.1, 0.15) is 0 Å². The van der Waals surface area contributed by atoms with Gasteiger partial charge in [-0.1, -0.05) is 0 Å². The van der Waals surface area contributed by atoms with Crippen LogP contribution in [0, 0.1) is 0 Å². The maximum atomic E-state index is 11.1. The molecule has 0 spiro atoms. The van der Waals surface area contributed by atoms with E-state index in [9.17, 15) is 9.59 Å². The molecular weight excluding hydrogens is 198 g/mol. The highest BCUT2D eigenvalue weighted by molar-refractivity contribution is 6.02. The van der Waals surface area contributed by atoms with Crippen molar-refractivity contribution in [1.82, 2.24) is 9.55 Å². The summed E-state index contributed by atoms with van der Waals surface area (Å²) >= 11 is 0. The summed E-state index contributed by atoms with van der Waals surface area (Å²) in [7, 11) is 1.56. The summed E-state index contributed by atoms with van der Waals surface area (Å²) in [4.78, 5) is 28.7. The number of aliphatic hydroxyl groups excluding tert-OH is 1. The van der Waals surface area contributed by atoms with Crippen LogP contribution in [-0.2, 0) is 11.8 Å². The number of carbonyl (C=O) groups is 1. The molecule has 0 aliphatic rings. The van der Waals surface area contributed by atoms with Crippen LogP contribution in [0.2, 0.25) is 0 Å². The number of nitrogens with zero attached hydrogens (tertiary/aromatic N) is 3. The minimum absolute atomic E-state index is 0.00234. The largest absolute Gasteiger partial charge is 0.515 e. The van der Waals surface area contributed by atoms with Crippen LogP contribution in [0.3, 0.4) is 0 Å². The zero-order valence-corrected chi connectivity index (χ0v) is 7.99. The summed E-state index contributed by atoms with van der Waals surface area (Å²) < 4.78 is 1.29. The summed E-state index contributed by atoms with van der Waals surface area (Å²) in [5.41, 5.74) is -0.442. The molecule has 0 radical (unpaired) electrons. The van der Waals surface area contributed by atoms with Gasteiger partial charge in [0.05, 0.1) is 11.8 Å². The third-order valence-corrected chi connectivity index (χ3v) is 1.59. The summed E-state index contributed by atoms with van der Waals surface area (Å²) in [6.45, 7) is 0. The SMILES string of the molecule is Cn1ccc(N=C/C(C=O)=C\O)nc1=O. The minimum atomic E-state index is -0.440. The van der Waals surface area contributed by atoms with Crippen LogP contribution in [0.5, 0.6) is 0 Å².